The van der Waals surface area contributed by atoms with Gasteiger partial charge in [-0.25, -0.2) is 4.98 Å². The maximum Gasteiger partial charge on any atom is 0.263 e. The fourth-order valence-electron chi connectivity index (χ4n) is 4.42. The Kier molecular flexibility index (Phi) is 4.17. The van der Waals surface area contributed by atoms with E-state index >= 15 is 0 Å². The van der Waals surface area contributed by atoms with Crippen molar-refractivity contribution in [3.63, 3.8) is 0 Å². The number of amides is 2. The number of imide groups is 1. The molecule has 2 aliphatic rings. The number of nitrogens with one attached hydrogen (secondary N) is 1. The Morgan fingerprint density at radius 2 is 1.65 bits per heavy atom. The summed E-state index contributed by atoms with van der Waals surface area (Å²) in [6.45, 7) is 0.137. The molecule has 0 unspecified atom stereocenters. The molecule has 2 amide bonds. The third kappa shape index (κ3) is 2.96. The summed E-state index contributed by atoms with van der Waals surface area (Å²) in [5.41, 5.74) is 5.21. The molecule has 3 heterocycles. The second kappa shape index (κ2) is 7.06. The van der Waals surface area contributed by atoms with Gasteiger partial charge < -0.3 is 5.32 Å². The lowest BCUT2D eigenvalue weighted by atomic mass is 10.0. The summed E-state index contributed by atoms with van der Waals surface area (Å²) in [5, 5.41) is 3.18. The smallest absolute Gasteiger partial charge is 0.263 e. The van der Waals surface area contributed by atoms with Gasteiger partial charge in [0.2, 0.25) is 0 Å². The minimum atomic E-state index is -0.258. The number of hydrogen-bond donors (Lipinski definition) is 1. The Morgan fingerprint density at radius 3 is 2.39 bits per heavy atom. The normalized spacial score (nSPS) is 15.4. The summed E-state index contributed by atoms with van der Waals surface area (Å²) >= 11 is 1.81. The van der Waals surface area contributed by atoms with Gasteiger partial charge in [0, 0.05) is 28.0 Å². The van der Waals surface area contributed by atoms with E-state index in [2.05, 4.69) is 15.9 Å². The van der Waals surface area contributed by atoms with Crippen LogP contribution in [0.15, 0.2) is 54.7 Å². The number of aryl methyl sites for hydroxylation is 2. The average molecular weight is 429 g/mol. The van der Waals surface area contributed by atoms with Gasteiger partial charge in [0.25, 0.3) is 11.8 Å². The van der Waals surface area contributed by atoms with E-state index in [0.29, 0.717) is 11.1 Å². The highest BCUT2D eigenvalue weighted by Gasteiger charge is 2.34. The highest BCUT2D eigenvalue weighted by Crippen LogP contribution is 2.32. The number of benzene rings is 2. The maximum atomic E-state index is 12.5. The molecular weight excluding hydrogens is 408 g/mol. The Morgan fingerprint density at radius 1 is 0.935 bits per heavy atom. The van der Waals surface area contributed by atoms with Gasteiger partial charge in [-0.2, -0.15) is 0 Å². The number of anilines is 1. The summed E-state index contributed by atoms with van der Waals surface area (Å²) in [5.74, 6) is -0.516. The molecule has 0 saturated carbocycles. The Bertz CT molecular complexity index is 1300. The van der Waals surface area contributed by atoms with Gasteiger partial charge >= 0.3 is 0 Å². The van der Waals surface area contributed by atoms with Gasteiger partial charge in [-0.05, 0) is 49.9 Å². The van der Waals surface area contributed by atoms with Gasteiger partial charge in [-0.15, -0.1) is 11.3 Å². The first kappa shape index (κ1) is 18.3. The molecule has 154 valence electrons. The maximum absolute atomic E-state index is 12.5. The van der Waals surface area contributed by atoms with Crippen LogP contribution in [0.2, 0.25) is 0 Å². The standard InChI is InChI=1S/C24H20N4O2S/c29-22-17-5-1-2-6-18(17)23(30)28(22)14-25-16-11-9-15(10-12-16)19-13-27-20-7-3-4-8-21(20)31-24(27)26-19/h1-2,5-6,9-13,25H,3-4,7-8,14H2. The van der Waals surface area contributed by atoms with Crippen LogP contribution in [0.1, 0.15) is 44.1 Å². The summed E-state index contributed by atoms with van der Waals surface area (Å²) in [7, 11) is 0. The van der Waals surface area contributed by atoms with Crippen molar-refractivity contribution < 1.29 is 9.59 Å². The van der Waals surface area contributed by atoms with Crippen molar-refractivity contribution in [2.45, 2.75) is 25.7 Å². The molecule has 4 aromatic rings. The molecule has 6 rings (SSSR count). The predicted octanol–water partition coefficient (Wildman–Crippen LogP) is 4.61. The highest BCUT2D eigenvalue weighted by atomic mass is 32.1. The van der Waals surface area contributed by atoms with Crippen LogP contribution in [0.5, 0.6) is 0 Å². The van der Waals surface area contributed by atoms with Crippen molar-refractivity contribution in [2.24, 2.45) is 0 Å². The Labute approximate surface area is 183 Å². The van der Waals surface area contributed by atoms with E-state index in [9.17, 15) is 9.59 Å². The summed E-state index contributed by atoms with van der Waals surface area (Å²) in [4.78, 5) is 33.6. The lowest BCUT2D eigenvalue weighted by molar-refractivity contribution is 0.0666. The Hall–Kier alpha value is -3.45. The molecule has 0 saturated heterocycles. The van der Waals surface area contributed by atoms with E-state index in [-0.39, 0.29) is 18.5 Å². The summed E-state index contributed by atoms with van der Waals surface area (Å²) < 4.78 is 2.25. The molecule has 0 bridgehead atoms. The first-order valence-electron chi connectivity index (χ1n) is 10.5. The van der Waals surface area contributed by atoms with Crippen molar-refractivity contribution in [2.75, 3.05) is 12.0 Å². The van der Waals surface area contributed by atoms with Crippen molar-refractivity contribution in [1.82, 2.24) is 14.3 Å². The largest absolute Gasteiger partial charge is 0.367 e. The molecule has 6 nitrogen and oxygen atoms in total. The van der Waals surface area contributed by atoms with Crippen molar-refractivity contribution in [3.05, 3.63) is 76.4 Å². The lowest BCUT2D eigenvalue weighted by Crippen LogP contribution is -2.34. The second-order valence-electron chi connectivity index (χ2n) is 7.95. The topological polar surface area (TPSA) is 66.7 Å². The van der Waals surface area contributed by atoms with Crippen LogP contribution < -0.4 is 5.32 Å². The molecular formula is C24H20N4O2S. The molecule has 1 aliphatic heterocycles. The lowest BCUT2D eigenvalue weighted by Gasteiger charge is -2.15. The highest BCUT2D eigenvalue weighted by molar-refractivity contribution is 7.17. The Balaban J connectivity index is 1.18. The number of fused-ring (bicyclic) bond motifs is 4. The molecule has 0 atom stereocenters. The number of hydrogen-bond acceptors (Lipinski definition) is 5. The number of carbonyl (C=O) groups is 2. The number of imidazole rings is 1. The van der Waals surface area contributed by atoms with Gasteiger partial charge in [-0.3, -0.25) is 18.9 Å². The van der Waals surface area contributed by atoms with E-state index in [1.165, 1.54) is 34.7 Å². The average Bonchev–Trinajstić information content (AvgIpc) is 3.44. The number of rotatable bonds is 4. The van der Waals surface area contributed by atoms with E-state index in [0.717, 1.165) is 28.3 Å². The fourth-order valence-corrected chi connectivity index (χ4v) is 5.61. The van der Waals surface area contributed by atoms with Crippen LogP contribution in [-0.2, 0) is 12.8 Å². The summed E-state index contributed by atoms with van der Waals surface area (Å²) in [6.07, 6.45) is 6.97. The fraction of sp³-hybridized carbons (Fsp3) is 0.208. The number of thiazole rings is 1. The zero-order valence-corrected chi connectivity index (χ0v) is 17.6. The first-order valence-corrected chi connectivity index (χ1v) is 11.3. The third-order valence-electron chi connectivity index (χ3n) is 6.07. The van der Waals surface area contributed by atoms with E-state index < -0.39 is 0 Å². The van der Waals surface area contributed by atoms with Gasteiger partial charge in [0.1, 0.15) is 0 Å². The quantitative estimate of drug-likeness (QED) is 0.482. The zero-order valence-electron chi connectivity index (χ0n) is 16.8. The monoisotopic (exact) mass is 428 g/mol. The first-order chi connectivity index (χ1) is 15.2. The minimum Gasteiger partial charge on any atom is -0.367 e. The molecule has 31 heavy (non-hydrogen) atoms. The van der Waals surface area contributed by atoms with Crippen molar-refractivity contribution >= 4 is 33.8 Å². The second-order valence-corrected chi connectivity index (χ2v) is 9.02. The zero-order chi connectivity index (χ0) is 20.9. The van der Waals surface area contributed by atoms with Crippen LogP contribution in [0.4, 0.5) is 5.69 Å². The molecule has 2 aromatic carbocycles. The molecule has 2 aromatic heterocycles. The molecule has 1 aliphatic carbocycles. The van der Waals surface area contributed by atoms with Crippen LogP contribution in [0, 0.1) is 0 Å². The molecule has 0 spiro atoms. The predicted molar refractivity (Wildman–Crippen MR) is 121 cm³/mol. The van der Waals surface area contributed by atoms with Crippen LogP contribution in [0.3, 0.4) is 0 Å². The van der Waals surface area contributed by atoms with E-state index in [4.69, 9.17) is 4.98 Å². The number of nitrogens with zero attached hydrogens (tertiary/aromatic N) is 3. The minimum absolute atomic E-state index is 0.137. The number of carbonyl (C=O) groups excluding carboxylic acids is 2. The number of aromatic nitrogens is 2. The van der Waals surface area contributed by atoms with E-state index in [1.54, 1.807) is 35.6 Å². The van der Waals surface area contributed by atoms with Crippen LogP contribution in [-0.4, -0.2) is 32.8 Å². The van der Waals surface area contributed by atoms with Gasteiger partial charge in [0.05, 0.1) is 23.5 Å². The van der Waals surface area contributed by atoms with Crippen molar-refractivity contribution in [3.8, 4) is 11.3 Å². The molecule has 7 heteroatoms. The van der Waals surface area contributed by atoms with E-state index in [1.807, 2.05) is 24.3 Å². The van der Waals surface area contributed by atoms with Crippen molar-refractivity contribution in [1.29, 1.82) is 0 Å². The van der Waals surface area contributed by atoms with Crippen LogP contribution in [0.25, 0.3) is 16.2 Å². The van der Waals surface area contributed by atoms with Crippen LogP contribution >= 0.6 is 11.3 Å². The third-order valence-corrected chi connectivity index (χ3v) is 7.22. The summed E-state index contributed by atoms with van der Waals surface area (Å²) in [6, 6.07) is 14.9. The van der Waals surface area contributed by atoms with Gasteiger partial charge in [-0.1, -0.05) is 24.3 Å². The molecule has 0 fully saturated rings. The molecule has 1 N–H and O–H groups in total. The van der Waals surface area contributed by atoms with Gasteiger partial charge in [0.15, 0.2) is 4.96 Å². The SMILES string of the molecule is O=C1c2ccccc2C(=O)N1CNc1ccc(-c2cn3c4c(sc3n2)CCCC4)cc1. The molecule has 0 radical (unpaired) electrons.